The number of aromatic nitrogens is 2. The predicted molar refractivity (Wildman–Crippen MR) is 114 cm³/mol. The highest BCUT2D eigenvalue weighted by atomic mass is 19.3. The number of rotatable bonds is 5. The molecule has 3 aromatic rings. The molecule has 0 unspecified atom stereocenters. The zero-order chi connectivity index (χ0) is 23.8. The summed E-state index contributed by atoms with van der Waals surface area (Å²) in [5.74, 6) is -5.16. The van der Waals surface area contributed by atoms with Gasteiger partial charge >= 0.3 is 0 Å². The number of hydrogen-bond acceptors (Lipinski definition) is 4. The lowest BCUT2D eigenvalue weighted by molar-refractivity contribution is -0.0384. The first-order valence-electron chi connectivity index (χ1n) is 10.7. The fraction of sp³-hybridized carbons (Fsp3) is 0.375. The Morgan fingerprint density at radius 1 is 1.12 bits per heavy atom. The number of pyridine rings is 1. The highest BCUT2D eigenvalue weighted by molar-refractivity contribution is 6.05. The number of carbonyl (C=O) groups excluding carboxylic acids is 1. The van der Waals surface area contributed by atoms with Crippen LogP contribution in [0.3, 0.4) is 0 Å². The van der Waals surface area contributed by atoms with Crippen LogP contribution in [-0.2, 0) is 0 Å². The van der Waals surface area contributed by atoms with Gasteiger partial charge in [0.15, 0.2) is 0 Å². The summed E-state index contributed by atoms with van der Waals surface area (Å²) in [5.41, 5.74) is 1.20. The third kappa shape index (κ3) is 4.91. The monoisotopic (exact) mass is 461 g/mol. The van der Waals surface area contributed by atoms with Crippen LogP contribution in [0.5, 0.6) is 0 Å². The predicted octanol–water partition coefficient (Wildman–Crippen LogP) is 6.68. The van der Waals surface area contributed by atoms with Crippen LogP contribution in [0.2, 0.25) is 0 Å². The van der Waals surface area contributed by atoms with Crippen LogP contribution in [0.25, 0.3) is 11.1 Å². The van der Waals surface area contributed by atoms with Gasteiger partial charge in [-0.25, -0.2) is 17.6 Å². The molecule has 0 aliphatic heterocycles. The Morgan fingerprint density at radius 3 is 2.52 bits per heavy atom. The van der Waals surface area contributed by atoms with E-state index in [0.717, 1.165) is 18.2 Å². The van der Waals surface area contributed by atoms with Crippen molar-refractivity contribution in [3.63, 3.8) is 0 Å². The van der Waals surface area contributed by atoms with Crippen LogP contribution in [0.4, 0.5) is 23.2 Å². The van der Waals surface area contributed by atoms with E-state index < -0.39 is 23.5 Å². The van der Waals surface area contributed by atoms with Crippen molar-refractivity contribution in [2.75, 3.05) is 5.32 Å². The molecule has 2 heterocycles. The number of anilines is 1. The molecule has 2 aromatic heterocycles. The number of halogens is 4. The van der Waals surface area contributed by atoms with Gasteiger partial charge in [-0.3, -0.25) is 9.78 Å². The van der Waals surface area contributed by atoms with Gasteiger partial charge in [-0.1, -0.05) is 19.0 Å². The molecule has 0 saturated heterocycles. The summed E-state index contributed by atoms with van der Waals surface area (Å²) < 4.78 is 61.2. The summed E-state index contributed by atoms with van der Waals surface area (Å²) in [4.78, 5) is 17.3. The molecule has 33 heavy (non-hydrogen) atoms. The summed E-state index contributed by atoms with van der Waals surface area (Å²) >= 11 is 0. The van der Waals surface area contributed by atoms with Crippen molar-refractivity contribution in [2.24, 2.45) is 0 Å². The van der Waals surface area contributed by atoms with Gasteiger partial charge in [0.05, 0.1) is 17.1 Å². The van der Waals surface area contributed by atoms with Crippen LogP contribution in [0, 0.1) is 11.6 Å². The van der Waals surface area contributed by atoms with Crippen molar-refractivity contribution in [3.8, 4) is 11.1 Å². The zero-order valence-corrected chi connectivity index (χ0v) is 18.2. The minimum absolute atomic E-state index is 0.0325. The van der Waals surface area contributed by atoms with Gasteiger partial charge in [0.1, 0.15) is 11.6 Å². The fourth-order valence-electron chi connectivity index (χ4n) is 4.00. The lowest BCUT2D eigenvalue weighted by Gasteiger charge is -2.29. The standard InChI is InChI=1S/C24H23F4N3O2/c1-13(2)19-12-20(33-31-19)23(32)30-22-16(17-11-15(25)3-4-18(17)26)7-10-29-21(22)14-5-8-24(27,28)9-6-14/h3-4,7,10-14H,5-6,8-9H2,1-2H3,(H,30,32). The van der Waals surface area contributed by atoms with Crippen molar-refractivity contribution >= 4 is 11.6 Å². The lowest BCUT2D eigenvalue weighted by Crippen LogP contribution is -2.25. The third-order valence-corrected chi connectivity index (χ3v) is 5.88. The molecule has 4 rings (SSSR count). The van der Waals surface area contributed by atoms with Gasteiger partial charge in [-0.2, -0.15) is 0 Å². The van der Waals surface area contributed by atoms with Crippen LogP contribution in [-0.4, -0.2) is 22.0 Å². The van der Waals surface area contributed by atoms with Crippen molar-refractivity contribution in [3.05, 3.63) is 65.3 Å². The second-order valence-electron chi connectivity index (χ2n) is 8.60. The van der Waals surface area contributed by atoms with E-state index in [1.165, 1.54) is 18.3 Å². The van der Waals surface area contributed by atoms with Crippen LogP contribution < -0.4 is 5.32 Å². The van der Waals surface area contributed by atoms with Gasteiger partial charge in [0, 0.05) is 42.1 Å². The molecule has 0 spiro atoms. The maximum absolute atomic E-state index is 14.6. The van der Waals surface area contributed by atoms with E-state index in [2.05, 4.69) is 15.5 Å². The number of hydrogen-bond donors (Lipinski definition) is 1. The Morgan fingerprint density at radius 2 is 1.85 bits per heavy atom. The van der Waals surface area contributed by atoms with Crippen molar-refractivity contribution in [1.29, 1.82) is 0 Å². The van der Waals surface area contributed by atoms with Gasteiger partial charge in [0.2, 0.25) is 11.7 Å². The smallest absolute Gasteiger partial charge is 0.294 e. The largest absolute Gasteiger partial charge is 0.351 e. The number of carbonyl (C=O) groups is 1. The first kappa shape index (κ1) is 22.9. The Bertz CT molecular complexity index is 1170. The van der Waals surface area contributed by atoms with Gasteiger partial charge in [0.25, 0.3) is 5.91 Å². The van der Waals surface area contributed by atoms with Crippen molar-refractivity contribution in [1.82, 2.24) is 10.1 Å². The van der Waals surface area contributed by atoms with Gasteiger partial charge in [-0.15, -0.1) is 0 Å². The summed E-state index contributed by atoms with van der Waals surface area (Å²) in [7, 11) is 0. The first-order valence-corrected chi connectivity index (χ1v) is 10.7. The van der Waals surface area contributed by atoms with Crippen LogP contribution in [0.1, 0.15) is 73.3 Å². The van der Waals surface area contributed by atoms with E-state index in [0.29, 0.717) is 11.4 Å². The van der Waals surface area contributed by atoms with Crippen molar-refractivity contribution < 1.29 is 26.9 Å². The SMILES string of the molecule is CC(C)c1cc(C(=O)Nc2c(-c3cc(F)ccc3F)ccnc2C2CCC(F)(F)CC2)on1. The third-order valence-electron chi connectivity index (χ3n) is 5.88. The van der Waals surface area contributed by atoms with E-state index in [1.807, 2.05) is 13.8 Å². The average Bonchev–Trinajstić information content (AvgIpc) is 3.27. The molecule has 1 aromatic carbocycles. The summed E-state index contributed by atoms with van der Waals surface area (Å²) in [6.07, 6.45) is 1.08. The van der Waals surface area contributed by atoms with Crippen molar-refractivity contribution in [2.45, 2.75) is 57.3 Å². The second-order valence-corrected chi connectivity index (χ2v) is 8.60. The Hall–Kier alpha value is -3.23. The Labute approximate surface area is 188 Å². The highest BCUT2D eigenvalue weighted by Gasteiger charge is 2.37. The molecule has 1 N–H and O–H groups in total. The molecule has 1 aliphatic carbocycles. The molecule has 1 fully saturated rings. The number of nitrogens with zero attached hydrogens (tertiary/aromatic N) is 2. The van der Waals surface area contributed by atoms with Crippen LogP contribution in [0.15, 0.2) is 41.1 Å². The molecule has 174 valence electrons. The fourth-order valence-corrected chi connectivity index (χ4v) is 4.00. The average molecular weight is 461 g/mol. The Balaban J connectivity index is 1.77. The maximum atomic E-state index is 14.6. The molecule has 1 aliphatic rings. The van der Waals surface area contributed by atoms with E-state index in [1.54, 1.807) is 0 Å². The summed E-state index contributed by atoms with van der Waals surface area (Å²) in [6.45, 7) is 3.78. The van der Waals surface area contributed by atoms with Gasteiger partial charge in [-0.05, 0) is 43.0 Å². The molecule has 1 saturated carbocycles. The Kier molecular flexibility index (Phi) is 6.23. The lowest BCUT2D eigenvalue weighted by atomic mass is 9.83. The summed E-state index contributed by atoms with van der Waals surface area (Å²) in [5, 5.41) is 6.57. The highest BCUT2D eigenvalue weighted by Crippen LogP contribution is 2.44. The minimum Gasteiger partial charge on any atom is -0.351 e. The number of nitrogens with one attached hydrogen (secondary N) is 1. The van der Waals surface area contributed by atoms with E-state index in [4.69, 9.17) is 4.52 Å². The molecule has 0 radical (unpaired) electrons. The summed E-state index contributed by atoms with van der Waals surface area (Å²) in [6, 6.07) is 5.95. The van der Waals surface area contributed by atoms with E-state index in [9.17, 15) is 22.4 Å². The topological polar surface area (TPSA) is 68.0 Å². The number of alkyl halides is 2. The van der Waals surface area contributed by atoms with Gasteiger partial charge < -0.3 is 9.84 Å². The van der Waals surface area contributed by atoms with E-state index in [-0.39, 0.29) is 60.1 Å². The molecule has 0 bridgehead atoms. The molecule has 5 nitrogen and oxygen atoms in total. The second kappa shape index (κ2) is 8.96. The van der Waals surface area contributed by atoms with Crippen LogP contribution >= 0.6 is 0 Å². The maximum Gasteiger partial charge on any atom is 0.294 e. The quantitative estimate of drug-likeness (QED) is 0.430. The van der Waals surface area contributed by atoms with E-state index >= 15 is 0 Å². The normalized spacial score (nSPS) is 16.2. The zero-order valence-electron chi connectivity index (χ0n) is 18.2. The molecular weight excluding hydrogens is 438 g/mol. The first-order chi connectivity index (χ1) is 15.6. The number of benzene rings is 1. The molecule has 9 heteroatoms. The molecule has 1 amide bonds. The minimum atomic E-state index is -2.75. The molecule has 0 atom stereocenters. The molecular formula is C24H23F4N3O2. The number of amides is 1.